The number of aromatic nitrogens is 1. The average Bonchev–Trinajstić information content (AvgIpc) is 3.05. The molecule has 2 aliphatic rings. The Morgan fingerprint density at radius 2 is 2.04 bits per heavy atom. The zero-order valence-corrected chi connectivity index (χ0v) is 13.6. The van der Waals surface area contributed by atoms with E-state index in [2.05, 4.69) is 24.1 Å². The molecule has 1 aliphatic carbocycles. The van der Waals surface area contributed by atoms with Gasteiger partial charge in [-0.3, -0.25) is 0 Å². The van der Waals surface area contributed by atoms with Crippen molar-refractivity contribution in [1.82, 2.24) is 10.3 Å². The van der Waals surface area contributed by atoms with Gasteiger partial charge in [-0.15, -0.1) is 0 Å². The molecule has 128 valence electrons. The Morgan fingerprint density at radius 3 is 2.74 bits per heavy atom. The van der Waals surface area contributed by atoms with E-state index < -0.39 is 11.9 Å². The lowest BCUT2D eigenvalue weighted by molar-refractivity contribution is -0.141. The van der Waals surface area contributed by atoms with Crippen LogP contribution in [-0.2, 0) is 6.18 Å². The van der Waals surface area contributed by atoms with Crippen molar-refractivity contribution in [3.8, 4) is 0 Å². The monoisotopic (exact) mass is 327 g/mol. The summed E-state index contributed by atoms with van der Waals surface area (Å²) in [5.74, 6) is 2.15. The molecule has 1 N–H and O–H groups in total. The molecule has 1 saturated heterocycles. The fourth-order valence-corrected chi connectivity index (χ4v) is 3.85. The van der Waals surface area contributed by atoms with E-state index in [0.717, 1.165) is 32.1 Å². The molecule has 6 heteroatoms. The van der Waals surface area contributed by atoms with Crippen LogP contribution in [0.4, 0.5) is 19.0 Å². The van der Waals surface area contributed by atoms with Gasteiger partial charge in [-0.05, 0) is 49.3 Å². The van der Waals surface area contributed by atoms with Crippen molar-refractivity contribution in [2.45, 2.75) is 38.9 Å². The van der Waals surface area contributed by atoms with E-state index in [1.165, 1.54) is 12.5 Å². The Kier molecular flexibility index (Phi) is 4.54. The number of pyridine rings is 1. The first-order valence-electron chi connectivity index (χ1n) is 8.37. The standard InChI is InChI=1S/C17H24F3N3/c1-11(2)8-21-14-7-6-12-9-23(10-13(12)14)16-5-3-4-15(22-16)17(18,19)20/h3-5,11-14,21H,6-10H2,1-2H3/t12-,13+,14+/m1/s1. The fourth-order valence-electron chi connectivity index (χ4n) is 3.85. The van der Waals surface area contributed by atoms with Gasteiger partial charge in [0.2, 0.25) is 0 Å². The van der Waals surface area contributed by atoms with Crippen LogP contribution in [0.15, 0.2) is 18.2 Å². The predicted octanol–water partition coefficient (Wildman–Crippen LogP) is 3.56. The molecule has 1 aromatic heterocycles. The molecule has 3 nitrogen and oxygen atoms in total. The molecule has 0 radical (unpaired) electrons. The number of hydrogen-bond donors (Lipinski definition) is 1. The smallest absolute Gasteiger partial charge is 0.356 e. The van der Waals surface area contributed by atoms with Crippen LogP contribution in [0, 0.1) is 17.8 Å². The molecule has 0 spiro atoms. The summed E-state index contributed by atoms with van der Waals surface area (Å²) >= 11 is 0. The highest BCUT2D eigenvalue weighted by Crippen LogP contribution is 2.40. The molecule has 2 fully saturated rings. The third-order valence-electron chi connectivity index (χ3n) is 4.99. The topological polar surface area (TPSA) is 28.2 Å². The Bertz CT molecular complexity index is 544. The van der Waals surface area contributed by atoms with Gasteiger partial charge in [-0.25, -0.2) is 4.98 Å². The van der Waals surface area contributed by atoms with Crippen LogP contribution in [-0.4, -0.2) is 30.7 Å². The summed E-state index contributed by atoms with van der Waals surface area (Å²) in [6, 6.07) is 4.66. The number of rotatable bonds is 4. The Labute approximate surface area is 135 Å². The first-order valence-corrected chi connectivity index (χ1v) is 8.37. The van der Waals surface area contributed by atoms with E-state index >= 15 is 0 Å². The van der Waals surface area contributed by atoms with Crippen LogP contribution in [0.1, 0.15) is 32.4 Å². The van der Waals surface area contributed by atoms with E-state index in [4.69, 9.17) is 0 Å². The maximum Gasteiger partial charge on any atom is 0.433 e. The molecule has 2 heterocycles. The largest absolute Gasteiger partial charge is 0.433 e. The molecule has 23 heavy (non-hydrogen) atoms. The first kappa shape index (κ1) is 16.6. The second kappa shape index (κ2) is 6.30. The number of fused-ring (bicyclic) bond motifs is 1. The molecule has 1 aromatic rings. The Balaban J connectivity index is 1.68. The van der Waals surface area contributed by atoms with Crippen molar-refractivity contribution < 1.29 is 13.2 Å². The van der Waals surface area contributed by atoms with Crippen molar-refractivity contribution >= 4 is 5.82 Å². The van der Waals surface area contributed by atoms with Gasteiger partial charge in [0.1, 0.15) is 11.5 Å². The zero-order chi connectivity index (χ0) is 16.6. The molecule has 3 atom stereocenters. The Hall–Kier alpha value is -1.30. The summed E-state index contributed by atoms with van der Waals surface area (Å²) in [5.41, 5.74) is -0.804. The van der Waals surface area contributed by atoms with Crippen molar-refractivity contribution in [3.63, 3.8) is 0 Å². The van der Waals surface area contributed by atoms with Gasteiger partial charge >= 0.3 is 6.18 Å². The van der Waals surface area contributed by atoms with Gasteiger partial charge in [0.25, 0.3) is 0 Å². The summed E-state index contributed by atoms with van der Waals surface area (Å²) in [6.45, 7) is 6.99. The van der Waals surface area contributed by atoms with Gasteiger partial charge < -0.3 is 10.2 Å². The molecular formula is C17H24F3N3. The summed E-state index contributed by atoms with van der Waals surface area (Å²) in [6.07, 6.45) is -2.06. The van der Waals surface area contributed by atoms with Gasteiger partial charge in [0, 0.05) is 19.1 Å². The predicted molar refractivity (Wildman–Crippen MR) is 84.3 cm³/mol. The summed E-state index contributed by atoms with van der Waals surface area (Å²) < 4.78 is 38.5. The van der Waals surface area contributed by atoms with E-state index in [0.29, 0.717) is 29.6 Å². The average molecular weight is 327 g/mol. The molecule has 0 aromatic carbocycles. The van der Waals surface area contributed by atoms with Crippen LogP contribution in [0.25, 0.3) is 0 Å². The van der Waals surface area contributed by atoms with Gasteiger partial charge in [-0.1, -0.05) is 19.9 Å². The summed E-state index contributed by atoms with van der Waals surface area (Å²) in [4.78, 5) is 5.85. The van der Waals surface area contributed by atoms with E-state index in [1.54, 1.807) is 6.07 Å². The molecule has 0 bridgehead atoms. The first-order chi connectivity index (χ1) is 10.8. The maximum absolute atomic E-state index is 12.8. The number of halogens is 3. The van der Waals surface area contributed by atoms with E-state index in [1.807, 2.05) is 4.90 Å². The number of alkyl halides is 3. The van der Waals surface area contributed by atoms with Gasteiger partial charge in [0.15, 0.2) is 0 Å². The minimum absolute atomic E-state index is 0.455. The molecule has 3 rings (SSSR count). The fraction of sp³-hybridized carbons (Fsp3) is 0.706. The minimum Gasteiger partial charge on any atom is -0.356 e. The lowest BCUT2D eigenvalue weighted by Crippen LogP contribution is -2.37. The van der Waals surface area contributed by atoms with Crippen LogP contribution < -0.4 is 10.2 Å². The van der Waals surface area contributed by atoms with Crippen molar-refractivity contribution in [1.29, 1.82) is 0 Å². The van der Waals surface area contributed by atoms with Crippen molar-refractivity contribution in [2.24, 2.45) is 17.8 Å². The SMILES string of the molecule is CC(C)CN[C@H]1CC[C@@H]2CN(c3cccc(C(F)(F)F)n3)C[C@@H]21. The van der Waals surface area contributed by atoms with Crippen molar-refractivity contribution in [3.05, 3.63) is 23.9 Å². The second-order valence-electron chi connectivity index (χ2n) is 7.19. The normalized spacial score (nSPS) is 27.7. The third-order valence-corrected chi connectivity index (χ3v) is 4.99. The lowest BCUT2D eigenvalue weighted by Gasteiger charge is -2.23. The lowest BCUT2D eigenvalue weighted by atomic mass is 9.97. The summed E-state index contributed by atoms with van der Waals surface area (Å²) in [5, 5.41) is 3.63. The summed E-state index contributed by atoms with van der Waals surface area (Å²) in [7, 11) is 0. The number of hydrogen-bond acceptors (Lipinski definition) is 3. The highest BCUT2D eigenvalue weighted by Gasteiger charge is 2.43. The molecular weight excluding hydrogens is 303 g/mol. The quantitative estimate of drug-likeness (QED) is 0.916. The van der Waals surface area contributed by atoms with Crippen LogP contribution in [0.2, 0.25) is 0 Å². The van der Waals surface area contributed by atoms with Crippen LogP contribution >= 0.6 is 0 Å². The van der Waals surface area contributed by atoms with Crippen LogP contribution in [0.3, 0.4) is 0 Å². The zero-order valence-electron chi connectivity index (χ0n) is 13.6. The number of anilines is 1. The molecule has 0 amide bonds. The third kappa shape index (κ3) is 3.62. The number of nitrogens with zero attached hydrogens (tertiary/aromatic N) is 2. The number of nitrogens with one attached hydrogen (secondary N) is 1. The second-order valence-corrected chi connectivity index (χ2v) is 7.19. The highest BCUT2D eigenvalue weighted by atomic mass is 19.4. The van der Waals surface area contributed by atoms with Gasteiger partial charge in [0.05, 0.1) is 0 Å². The molecule has 1 aliphatic heterocycles. The van der Waals surface area contributed by atoms with Crippen LogP contribution in [0.5, 0.6) is 0 Å². The molecule has 1 saturated carbocycles. The Morgan fingerprint density at radius 1 is 1.26 bits per heavy atom. The van der Waals surface area contributed by atoms with Crippen molar-refractivity contribution in [2.75, 3.05) is 24.5 Å². The van der Waals surface area contributed by atoms with Gasteiger partial charge in [-0.2, -0.15) is 13.2 Å². The maximum atomic E-state index is 12.8. The minimum atomic E-state index is -4.38. The van der Waals surface area contributed by atoms with E-state index in [-0.39, 0.29) is 0 Å². The van der Waals surface area contributed by atoms with E-state index in [9.17, 15) is 13.2 Å². The molecule has 0 unspecified atom stereocenters. The highest BCUT2D eigenvalue weighted by molar-refractivity contribution is 5.42.